The quantitative estimate of drug-likeness (QED) is 0.698. The molecule has 0 radical (unpaired) electrons. The number of hydrogen-bond acceptors (Lipinski definition) is 6. The van der Waals surface area contributed by atoms with Crippen molar-refractivity contribution in [3.8, 4) is 11.4 Å². The van der Waals surface area contributed by atoms with Crippen LogP contribution in [0.4, 0.5) is 11.4 Å². The van der Waals surface area contributed by atoms with Crippen LogP contribution in [-0.2, 0) is 4.79 Å². The van der Waals surface area contributed by atoms with Crippen molar-refractivity contribution in [2.24, 2.45) is 0 Å². The van der Waals surface area contributed by atoms with Crippen LogP contribution >= 0.6 is 0 Å². The van der Waals surface area contributed by atoms with Crippen LogP contribution in [-0.4, -0.2) is 51.4 Å². The molecule has 30 heavy (non-hydrogen) atoms. The number of carbonyl (C=O) groups excluding carboxylic acids is 1. The van der Waals surface area contributed by atoms with Crippen molar-refractivity contribution in [3.05, 3.63) is 65.3 Å². The summed E-state index contributed by atoms with van der Waals surface area (Å²) in [5, 5.41) is 13.5. The SMILES string of the molecule is CC(=O)[C@@H](C)n1ncn(-c2ccc(N3CCN(c4ccc(O)cc4)CC3)cc2)c1=O. The van der Waals surface area contributed by atoms with Gasteiger partial charge in [-0.05, 0) is 62.4 Å². The molecule has 156 valence electrons. The van der Waals surface area contributed by atoms with Gasteiger partial charge in [0.25, 0.3) is 0 Å². The topological polar surface area (TPSA) is 83.6 Å². The summed E-state index contributed by atoms with van der Waals surface area (Å²) in [6.07, 6.45) is 1.45. The second-order valence-electron chi connectivity index (χ2n) is 7.52. The molecular formula is C22H25N5O3. The number of phenols is 1. The van der Waals surface area contributed by atoms with E-state index < -0.39 is 6.04 Å². The van der Waals surface area contributed by atoms with E-state index in [0.717, 1.165) is 37.6 Å². The minimum absolute atomic E-state index is 0.107. The molecule has 2 heterocycles. The molecule has 8 nitrogen and oxygen atoms in total. The third-order valence-electron chi connectivity index (χ3n) is 5.64. The first-order valence-electron chi connectivity index (χ1n) is 10.00. The first-order chi connectivity index (χ1) is 14.4. The van der Waals surface area contributed by atoms with E-state index >= 15 is 0 Å². The standard InChI is InChI=1S/C22H25N5O3/c1-16(17(2)28)27-22(30)26(15-23-27)20-5-3-18(4-6-20)24-11-13-25(14-12-24)19-7-9-21(29)10-8-19/h3-10,15-16,29H,11-14H2,1-2H3/t16-/m1/s1. The number of aromatic nitrogens is 3. The molecule has 0 amide bonds. The fourth-order valence-electron chi connectivity index (χ4n) is 3.64. The van der Waals surface area contributed by atoms with E-state index in [4.69, 9.17) is 0 Å². The number of piperazine rings is 1. The Bertz CT molecular complexity index is 1080. The van der Waals surface area contributed by atoms with Gasteiger partial charge in [0.15, 0.2) is 5.78 Å². The van der Waals surface area contributed by atoms with E-state index in [9.17, 15) is 14.7 Å². The van der Waals surface area contributed by atoms with Crippen LogP contribution in [0.1, 0.15) is 19.9 Å². The minimum Gasteiger partial charge on any atom is -0.508 e. The molecule has 0 spiro atoms. The molecule has 1 fully saturated rings. The van der Waals surface area contributed by atoms with Gasteiger partial charge in [-0.1, -0.05) is 0 Å². The number of ketones is 1. The van der Waals surface area contributed by atoms with Gasteiger partial charge in [-0.3, -0.25) is 4.79 Å². The van der Waals surface area contributed by atoms with E-state index in [2.05, 4.69) is 14.9 Å². The second kappa shape index (κ2) is 8.06. The lowest BCUT2D eigenvalue weighted by atomic mass is 10.2. The van der Waals surface area contributed by atoms with E-state index in [0.29, 0.717) is 5.69 Å². The molecule has 1 aliphatic rings. The zero-order valence-corrected chi connectivity index (χ0v) is 17.1. The van der Waals surface area contributed by atoms with Crippen molar-refractivity contribution in [3.63, 3.8) is 0 Å². The Labute approximate surface area is 174 Å². The summed E-state index contributed by atoms with van der Waals surface area (Å²) in [6.45, 7) is 6.67. The summed E-state index contributed by atoms with van der Waals surface area (Å²) in [7, 11) is 0. The van der Waals surface area contributed by atoms with Gasteiger partial charge in [-0.15, -0.1) is 0 Å². The van der Waals surface area contributed by atoms with Crippen LogP contribution in [0.25, 0.3) is 5.69 Å². The number of anilines is 2. The lowest BCUT2D eigenvalue weighted by molar-refractivity contribution is -0.119. The monoisotopic (exact) mass is 407 g/mol. The van der Waals surface area contributed by atoms with Crippen molar-refractivity contribution in [2.75, 3.05) is 36.0 Å². The molecule has 0 saturated carbocycles. The lowest BCUT2D eigenvalue weighted by Crippen LogP contribution is -2.46. The summed E-state index contributed by atoms with van der Waals surface area (Å²) >= 11 is 0. The largest absolute Gasteiger partial charge is 0.508 e. The van der Waals surface area contributed by atoms with Crippen LogP contribution in [0.15, 0.2) is 59.7 Å². The third kappa shape index (κ3) is 3.80. The van der Waals surface area contributed by atoms with Gasteiger partial charge in [0, 0.05) is 37.6 Å². The molecule has 0 aliphatic carbocycles. The molecule has 0 bridgehead atoms. The number of phenolic OH excluding ortho intramolecular Hbond substituents is 1. The molecule has 8 heteroatoms. The predicted molar refractivity (Wildman–Crippen MR) is 116 cm³/mol. The van der Waals surface area contributed by atoms with Gasteiger partial charge in [0.2, 0.25) is 0 Å². The molecule has 1 aliphatic heterocycles. The van der Waals surface area contributed by atoms with Crippen molar-refractivity contribution >= 4 is 17.2 Å². The normalized spacial score (nSPS) is 15.3. The molecule has 0 unspecified atom stereocenters. The number of benzene rings is 2. The average Bonchev–Trinajstić information content (AvgIpc) is 3.15. The average molecular weight is 407 g/mol. The molecule has 1 saturated heterocycles. The van der Waals surface area contributed by atoms with E-state index in [1.54, 1.807) is 19.1 Å². The highest BCUT2D eigenvalue weighted by atomic mass is 16.3. The summed E-state index contributed by atoms with van der Waals surface area (Å²) in [5.41, 5.74) is 2.60. The maximum atomic E-state index is 12.6. The summed E-state index contributed by atoms with van der Waals surface area (Å²) < 4.78 is 2.66. The maximum absolute atomic E-state index is 12.6. The zero-order valence-electron chi connectivity index (χ0n) is 17.1. The van der Waals surface area contributed by atoms with Crippen molar-refractivity contribution in [1.82, 2.24) is 14.3 Å². The fraction of sp³-hybridized carbons (Fsp3) is 0.318. The Morgan fingerprint density at radius 2 is 1.37 bits per heavy atom. The first-order valence-corrected chi connectivity index (χ1v) is 10.00. The van der Waals surface area contributed by atoms with E-state index in [-0.39, 0.29) is 17.2 Å². The highest BCUT2D eigenvalue weighted by Crippen LogP contribution is 2.23. The smallest absolute Gasteiger partial charge is 0.351 e. The number of carbonyl (C=O) groups is 1. The fourth-order valence-corrected chi connectivity index (χ4v) is 3.64. The Hall–Kier alpha value is -3.55. The van der Waals surface area contributed by atoms with Crippen LogP contribution in [0.2, 0.25) is 0 Å². The molecule has 3 aromatic rings. The molecule has 1 N–H and O–H groups in total. The van der Waals surface area contributed by atoms with Crippen LogP contribution in [0.3, 0.4) is 0 Å². The molecule has 1 atom stereocenters. The predicted octanol–water partition coefficient (Wildman–Crippen LogP) is 2.22. The van der Waals surface area contributed by atoms with E-state index in [1.807, 2.05) is 36.4 Å². The molecular weight excluding hydrogens is 382 g/mol. The van der Waals surface area contributed by atoms with Gasteiger partial charge in [-0.2, -0.15) is 5.10 Å². The van der Waals surface area contributed by atoms with Crippen LogP contribution < -0.4 is 15.5 Å². The Morgan fingerprint density at radius 3 is 1.87 bits per heavy atom. The summed E-state index contributed by atoms with van der Waals surface area (Å²) in [4.78, 5) is 28.7. The van der Waals surface area contributed by atoms with Gasteiger partial charge >= 0.3 is 5.69 Å². The molecule has 2 aromatic carbocycles. The van der Waals surface area contributed by atoms with Crippen LogP contribution in [0, 0.1) is 0 Å². The number of aromatic hydroxyl groups is 1. The van der Waals surface area contributed by atoms with Gasteiger partial charge in [0.05, 0.1) is 5.69 Å². The highest BCUT2D eigenvalue weighted by Gasteiger charge is 2.19. The Kier molecular flexibility index (Phi) is 5.31. The minimum atomic E-state index is -0.581. The number of Topliss-reactive ketones (excluding diaryl/α,β-unsaturated/α-hetero) is 1. The Balaban J connectivity index is 1.44. The maximum Gasteiger partial charge on any atom is 0.351 e. The van der Waals surface area contributed by atoms with Gasteiger partial charge in [-0.25, -0.2) is 14.0 Å². The number of nitrogens with zero attached hydrogens (tertiary/aromatic N) is 5. The van der Waals surface area contributed by atoms with Crippen LogP contribution in [0.5, 0.6) is 5.75 Å². The summed E-state index contributed by atoms with van der Waals surface area (Å²) in [5.74, 6) is 0.169. The number of rotatable bonds is 5. The lowest BCUT2D eigenvalue weighted by Gasteiger charge is -2.37. The molecule has 4 rings (SSSR count). The first kappa shape index (κ1) is 19.8. The van der Waals surface area contributed by atoms with E-state index in [1.165, 1.54) is 22.5 Å². The summed E-state index contributed by atoms with van der Waals surface area (Å²) in [6, 6.07) is 14.5. The van der Waals surface area contributed by atoms with Gasteiger partial charge < -0.3 is 14.9 Å². The zero-order chi connectivity index (χ0) is 21.3. The Morgan fingerprint density at radius 1 is 0.900 bits per heavy atom. The molecule has 1 aromatic heterocycles. The van der Waals surface area contributed by atoms with Crippen molar-refractivity contribution in [1.29, 1.82) is 0 Å². The van der Waals surface area contributed by atoms with Crippen molar-refractivity contribution < 1.29 is 9.90 Å². The van der Waals surface area contributed by atoms with Gasteiger partial charge in [0.1, 0.15) is 18.1 Å². The van der Waals surface area contributed by atoms with Crippen molar-refractivity contribution in [2.45, 2.75) is 19.9 Å². The second-order valence-corrected chi connectivity index (χ2v) is 7.52. The third-order valence-corrected chi connectivity index (χ3v) is 5.64. The highest BCUT2D eigenvalue weighted by molar-refractivity contribution is 5.79. The number of hydrogen-bond donors (Lipinski definition) is 1.